The minimum absolute atomic E-state index is 0.280. The molecule has 1 aromatic carbocycles. The maximum Gasteiger partial charge on any atom is 0.162 e. The normalized spacial score (nSPS) is 12.4. The molecule has 1 N–H and O–H groups in total. The Labute approximate surface area is 122 Å². The summed E-state index contributed by atoms with van der Waals surface area (Å²) in [4.78, 5) is 4.65. The van der Waals surface area contributed by atoms with Crippen LogP contribution in [0.4, 0.5) is 0 Å². The van der Waals surface area contributed by atoms with E-state index in [9.17, 15) is 0 Å². The zero-order chi connectivity index (χ0) is 13.8. The van der Waals surface area contributed by atoms with Crippen molar-refractivity contribution in [3.8, 4) is 10.8 Å². The van der Waals surface area contributed by atoms with Crippen LogP contribution >= 0.6 is 11.3 Å². The van der Waals surface area contributed by atoms with Crippen molar-refractivity contribution in [2.75, 3.05) is 7.05 Å². The van der Waals surface area contributed by atoms with Gasteiger partial charge in [-0.3, -0.25) is 0 Å². The summed E-state index contributed by atoms with van der Waals surface area (Å²) in [5.74, 6) is 0.835. The molecule has 0 aliphatic heterocycles. The second-order valence-corrected chi connectivity index (χ2v) is 5.44. The summed E-state index contributed by atoms with van der Waals surface area (Å²) in [7, 11) is 1.98. The van der Waals surface area contributed by atoms with Gasteiger partial charge in [0.25, 0.3) is 0 Å². The third kappa shape index (κ3) is 2.81. The van der Waals surface area contributed by atoms with Crippen molar-refractivity contribution in [2.45, 2.75) is 12.5 Å². The van der Waals surface area contributed by atoms with Crippen molar-refractivity contribution in [1.29, 1.82) is 0 Å². The molecule has 3 rings (SSSR count). The molecule has 3 aromatic rings. The molecule has 2 aromatic heterocycles. The Balaban J connectivity index is 1.77. The SMILES string of the molecule is CNC(Cc1csc(-c2ccco2)n1)c1ccccc1. The molecule has 102 valence electrons. The quantitative estimate of drug-likeness (QED) is 0.772. The van der Waals surface area contributed by atoms with Crippen molar-refractivity contribution in [3.05, 3.63) is 65.4 Å². The number of hydrogen-bond donors (Lipinski definition) is 1. The fourth-order valence-corrected chi connectivity index (χ4v) is 2.99. The van der Waals surface area contributed by atoms with Crippen LogP contribution in [-0.2, 0) is 6.42 Å². The Morgan fingerprint density at radius 2 is 2.05 bits per heavy atom. The first kappa shape index (κ1) is 13.1. The van der Waals surface area contributed by atoms with Crippen LogP contribution in [0.2, 0.25) is 0 Å². The van der Waals surface area contributed by atoms with E-state index in [0.29, 0.717) is 0 Å². The predicted molar refractivity (Wildman–Crippen MR) is 81.8 cm³/mol. The van der Waals surface area contributed by atoms with Gasteiger partial charge < -0.3 is 9.73 Å². The fourth-order valence-electron chi connectivity index (χ4n) is 2.20. The summed E-state index contributed by atoms with van der Waals surface area (Å²) in [6.07, 6.45) is 2.55. The lowest BCUT2D eigenvalue weighted by atomic mass is 10.0. The van der Waals surface area contributed by atoms with Crippen LogP contribution in [0, 0.1) is 0 Å². The number of rotatable bonds is 5. The molecule has 20 heavy (non-hydrogen) atoms. The zero-order valence-corrected chi connectivity index (χ0v) is 12.1. The highest BCUT2D eigenvalue weighted by atomic mass is 32.1. The molecular weight excluding hydrogens is 268 g/mol. The smallest absolute Gasteiger partial charge is 0.162 e. The third-order valence-corrected chi connectivity index (χ3v) is 4.15. The van der Waals surface area contributed by atoms with Crippen molar-refractivity contribution in [2.24, 2.45) is 0 Å². The Hall–Kier alpha value is -1.91. The third-order valence-electron chi connectivity index (χ3n) is 3.25. The molecule has 0 spiro atoms. The molecule has 0 saturated heterocycles. The summed E-state index contributed by atoms with van der Waals surface area (Å²) >= 11 is 1.62. The molecular formula is C16H16N2OS. The van der Waals surface area contributed by atoms with Gasteiger partial charge in [-0.25, -0.2) is 4.98 Å². The Bertz CT molecular complexity index is 646. The van der Waals surface area contributed by atoms with E-state index < -0.39 is 0 Å². The van der Waals surface area contributed by atoms with Gasteiger partial charge in [-0.1, -0.05) is 30.3 Å². The van der Waals surface area contributed by atoms with E-state index in [-0.39, 0.29) is 6.04 Å². The lowest BCUT2D eigenvalue weighted by molar-refractivity contribution is 0.577. The molecule has 3 nitrogen and oxygen atoms in total. The van der Waals surface area contributed by atoms with Gasteiger partial charge in [-0.15, -0.1) is 11.3 Å². The first-order valence-corrected chi connectivity index (χ1v) is 7.45. The van der Waals surface area contributed by atoms with Gasteiger partial charge in [0.15, 0.2) is 10.8 Å². The van der Waals surface area contributed by atoms with E-state index >= 15 is 0 Å². The summed E-state index contributed by atoms with van der Waals surface area (Å²) < 4.78 is 5.38. The van der Waals surface area contributed by atoms with E-state index in [4.69, 9.17) is 4.42 Å². The van der Waals surface area contributed by atoms with Gasteiger partial charge in [0.05, 0.1) is 12.0 Å². The topological polar surface area (TPSA) is 38.1 Å². The maximum atomic E-state index is 5.38. The highest BCUT2D eigenvalue weighted by Gasteiger charge is 2.13. The van der Waals surface area contributed by atoms with Gasteiger partial charge in [-0.05, 0) is 24.7 Å². The summed E-state index contributed by atoms with van der Waals surface area (Å²) in [5.41, 5.74) is 2.37. The Morgan fingerprint density at radius 1 is 1.20 bits per heavy atom. The van der Waals surface area contributed by atoms with Gasteiger partial charge in [-0.2, -0.15) is 0 Å². The second-order valence-electron chi connectivity index (χ2n) is 4.58. The van der Waals surface area contributed by atoms with Crippen LogP contribution in [0.1, 0.15) is 17.3 Å². The number of benzene rings is 1. The van der Waals surface area contributed by atoms with Gasteiger partial charge in [0, 0.05) is 17.8 Å². The summed E-state index contributed by atoms with van der Waals surface area (Å²) in [6, 6.07) is 14.6. The highest BCUT2D eigenvalue weighted by molar-refractivity contribution is 7.13. The molecule has 0 bridgehead atoms. The van der Waals surface area contributed by atoms with Gasteiger partial charge in [0.1, 0.15) is 0 Å². The average Bonchev–Trinajstić information content (AvgIpc) is 3.16. The monoisotopic (exact) mass is 284 g/mol. The molecule has 0 aliphatic rings. The number of nitrogens with zero attached hydrogens (tertiary/aromatic N) is 1. The number of likely N-dealkylation sites (N-methyl/N-ethyl adjacent to an activating group) is 1. The lowest BCUT2D eigenvalue weighted by Gasteiger charge is -2.15. The van der Waals surface area contributed by atoms with Crippen LogP contribution in [0.25, 0.3) is 10.8 Å². The number of furan rings is 1. The number of aromatic nitrogens is 1. The first-order chi connectivity index (χ1) is 9.86. The van der Waals surface area contributed by atoms with E-state index in [1.54, 1.807) is 17.6 Å². The molecule has 0 saturated carbocycles. The van der Waals surface area contributed by atoms with E-state index in [0.717, 1.165) is 22.9 Å². The summed E-state index contributed by atoms with van der Waals surface area (Å²) in [5, 5.41) is 6.39. The van der Waals surface area contributed by atoms with Crippen LogP contribution < -0.4 is 5.32 Å². The molecule has 0 aliphatic carbocycles. The van der Waals surface area contributed by atoms with E-state index in [1.807, 2.05) is 25.2 Å². The standard InChI is InChI=1S/C16H16N2OS/c1-17-14(12-6-3-2-4-7-12)10-13-11-20-16(18-13)15-8-5-9-19-15/h2-9,11,14,17H,10H2,1H3. The molecule has 2 heterocycles. The molecule has 0 amide bonds. The van der Waals surface area contributed by atoms with Crippen molar-refractivity contribution < 1.29 is 4.42 Å². The maximum absolute atomic E-state index is 5.38. The van der Waals surface area contributed by atoms with Crippen molar-refractivity contribution in [1.82, 2.24) is 10.3 Å². The lowest BCUT2D eigenvalue weighted by Crippen LogP contribution is -2.18. The number of hydrogen-bond acceptors (Lipinski definition) is 4. The Morgan fingerprint density at radius 3 is 2.75 bits per heavy atom. The molecule has 1 unspecified atom stereocenters. The Kier molecular flexibility index (Phi) is 3.95. The molecule has 4 heteroatoms. The minimum Gasteiger partial charge on any atom is -0.462 e. The molecule has 1 atom stereocenters. The number of thiazole rings is 1. The fraction of sp³-hybridized carbons (Fsp3) is 0.188. The van der Waals surface area contributed by atoms with E-state index in [2.05, 4.69) is 39.9 Å². The number of nitrogens with one attached hydrogen (secondary N) is 1. The molecule has 0 fully saturated rings. The van der Waals surface area contributed by atoms with Gasteiger partial charge >= 0.3 is 0 Å². The second kappa shape index (κ2) is 6.03. The highest BCUT2D eigenvalue weighted by Crippen LogP contribution is 2.26. The zero-order valence-electron chi connectivity index (χ0n) is 11.2. The van der Waals surface area contributed by atoms with Crippen LogP contribution in [0.3, 0.4) is 0 Å². The summed E-state index contributed by atoms with van der Waals surface area (Å²) in [6.45, 7) is 0. The average molecular weight is 284 g/mol. The van der Waals surface area contributed by atoms with E-state index in [1.165, 1.54) is 5.56 Å². The largest absolute Gasteiger partial charge is 0.462 e. The minimum atomic E-state index is 0.280. The predicted octanol–water partition coefficient (Wildman–Crippen LogP) is 3.91. The van der Waals surface area contributed by atoms with Crippen LogP contribution in [0.15, 0.2) is 58.5 Å². The van der Waals surface area contributed by atoms with Gasteiger partial charge in [0.2, 0.25) is 0 Å². The van der Waals surface area contributed by atoms with Crippen molar-refractivity contribution >= 4 is 11.3 Å². The van der Waals surface area contributed by atoms with Crippen LogP contribution in [-0.4, -0.2) is 12.0 Å². The van der Waals surface area contributed by atoms with Crippen LogP contribution in [0.5, 0.6) is 0 Å². The molecule has 0 radical (unpaired) electrons. The first-order valence-electron chi connectivity index (χ1n) is 6.57. The van der Waals surface area contributed by atoms with Crippen molar-refractivity contribution in [3.63, 3.8) is 0 Å².